The first-order chi connectivity index (χ1) is 11.1. The maximum atomic E-state index is 12.6. The second-order valence-electron chi connectivity index (χ2n) is 5.39. The van der Waals surface area contributed by atoms with E-state index in [1.165, 1.54) is 0 Å². The number of pyridine rings is 1. The predicted molar refractivity (Wildman–Crippen MR) is 91.5 cm³/mol. The number of carbonyl (C=O) groups excluding carboxylic acids is 1. The molecule has 0 saturated heterocycles. The van der Waals surface area contributed by atoms with Crippen LogP contribution in [0.4, 0.5) is 10.5 Å². The summed E-state index contributed by atoms with van der Waals surface area (Å²) in [5, 5.41) is 2.90. The van der Waals surface area contributed by atoms with E-state index in [2.05, 4.69) is 24.1 Å². The van der Waals surface area contributed by atoms with Gasteiger partial charge in [-0.05, 0) is 25.0 Å². The molecule has 2 amide bonds. The van der Waals surface area contributed by atoms with Gasteiger partial charge in [-0.2, -0.15) is 0 Å². The number of urea groups is 1. The van der Waals surface area contributed by atoms with E-state index < -0.39 is 0 Å². The van der Waals surface area contributed by atoms with Crippen molar-refractivity contribution < 1.29 is 9.53 Å². The van der Waals surface area contributed by atoms with Crippen LogP contribution in [0.5, 0.6) is 5.88 Å². The van der Waals surface area contributed by atoms with Gasteiger partial charge in [0, 0.05) is 18.7 Å². The molecule has 0 radical (unpaired) electrons. The highest BCUT2D eigenvalue weighted by Gasteiger charge is 2.19. The van der Waals surface area contributed by atoms with Gasteiger partial charge < -0.3 is 15.0 Å². The van der Waals surface area contributed by atoms with Gasteiger partial charge in [-0.15, -0.1) is 0 Å². The van der Waals surface area contributed by atoms with Gasteiger partial charge >= 0.3 is 6.03 Å². The highest BCUT2D eigenvalue weighted by molar-refractivity contribution is 5.89. The second-order valence-corrected chi connectivity index (χ2v) is 5.39. The third kappa shape index (κ3) is 4.71. The summed E-state index contributed by atoms with van der Waals surface area (Å²) in [6.07, 6.45) is 2.48. The number of aromatic nitrogens is 1. The molecule has 2 aromatic rings. The number of hydrogen-bond acceptors (Lipinski definition) is 3. The molecule has 1 unspecified atom stereocenters. The Hall–Kier alpha value is -2.56. The van der Waals surface area contributed by atoms with Gasteiger partial charge in [-0.25, -0.2) is 9.78 Å². The van der Waals surface area contributed by atoms with Crippen molar-refractivity contribution >= 4 is 11.7 Å². The van der Waals surface area contributed by atoms with Crippen LogP contribution in [-0.2, 0) is 6.54 Å². The van der Waals surface area contributed by atoms with E-state index >= 15 is 0 Å². The monoisotopic (exact) mass is 313 g/mol. The first-order valence-corrected chi connectivity index (χ1v) is 7.75. The maximum absolute atomic E-state index is 12.6. The number of anilines is 1. The minimum absolute atomic E-state index is 0.129. The number of carbonyl (C=O) groups is 1. The molecule has 1 aromatic carbocycles. The van der Waals surface area contributed by atoms with E-state index in [0.29, 0.717) is 18.1 Å². The molecule has 1 heterocycles. The van der Waals surface area contributed by atoms with E-state index in [1.54, 1.807) is 25.4 Å². The lowest BCUT2D eigenvalue weighted by molar-refractivity contribution is 0.187. The molecule has 0 aliphatic rings. The zero-order valence-electron chi connectivity index (χ0n) is 13.8. The van der Waals surface area contributed by atoms with Gasteiger partial charge in [0.15, 0.2) is 0 Å². The molecule has 2 rings (SSSR count). The van der Waals surface area contributed by atoms with Gasteiger partial charge in [0.05, 0.1) is 19.0 Å². The summed E-state index contributed by atoms with van der Waals surface area (Å²) in [7, 11) is 1.56. The van der Waals surface area contributed by atoms with Crippen molar-refractivity contribution in [3.8, 4) is 5.88 Å². The summed E-state index contributed by atoms with van der Waals surface area (Å²) in [6, 6.07) is 13.5. The van der Waals surface area contributed by atoms with Crippen LogP contribution in [0, 0.1) is 0 Å². The number of methoxy groups -OCH3 is 1. The standard InChI is InChI=1S/C18H23N3O2/c1-4-14(2)21(13-15-8-6-5-7-9-15)18(22)20-16-10-11-17(23-3)19-12-16/h5-12,14H,4,13H2,1-3H3,(H,20,22). The fourth-order valence-electron chi connectivity index (χ4n) is 2.20. The molecule has 0 spiro atoms. The second kappa shape index (κ2) is 8.17. The topological polar surface area (TPSA) is 54.5 Å². The minimum atomic E-state index is -0.129. The fourth-order valence-corrected chi connectivity index (χ4v) is 2.20. The lowest BCUT2D eigenvalue weighted by Gasteiger charge is -2.29. The molecule has 5 nitrogen and oxygen atoms in total. The van der Waals surface area contributed by atoms with Gasteiger partial charge in [0.1, 0.15) is 0 Å². The smallest absolute Gasteiger partial charge is 0.322 e. The van der Waals surface area contributed by atoms with Crippen molar-refractivity contribution in [3.05, 3.63) is 54.2 Å². The summed E-state index contributed by atoms with van der Waals surface area (Å²) in [5.41, 5.74) is 1.76. The molecule has 1 aromatic heterocycles. The Morgan fingerprint density at radius 3 is 2.57 bits per heavy atom. The maximum Gasteiger partial charge on any atom is 0.322 e. The van der Waals surface area contributed by atoms with Crippen molar-refractivity contribution in [2.45, 2.75) is 32.9 Å². The Morgan fingerprint density at radius 1 is 1.26 bits per heavy atom. The molecule has 0 bridgehead atoms. The van der Waals surface area contributed by atoms with Crippen molar-refractivity contribution in [2.75, 3.05) is 12.4 Å². The molecule has 0 saturated carbocycles. The Bertz CT molecular complexity index is 614. The van der Waals surface area contributed by atoms with Crippen LogP contribution < -0.4 is 10.1 Å². The fraction of sp³-hybridized carbons (Fsp3) is 0.333. The van der Waals surface area contributed by atoms with Gasteiger partial charge in [-0.1, -0.05) is 37.3 Å². The van der Waals surface area contributed by atoms with Crippen LogP contribution in [0.25, 0.3) is 0 Å². The number of rotatable bonds is 6. The van der Waals surface area contributed by atoms with E-state index in [4.69, 9.17) is 4.74 Å². The molecule has 1 N–H and O–H groups in total. The van der Waals surface area contributed by atoms with Crippen LogP contribution in [0.1, 0.15) is 25.8 Å². The molecule has 1 atom stereocenters. The largest absolute Gasteiger partial charge is 0.481 e. The Morgan fingerprint density at radius 2 is 2.00 bits per heavy atom. The highest BCUT2D eigenvalue weighted by Crippen LogP contribution is 2.15. The zero-order chi connectivity index (χ0) is 16.7. The van der Waals surface area contributed by atoms with Crippen molar-refractivity contribution in [1.82, 2.24) is 9.88 Å². The van der Waals surface area contributed by atoms with E-state index in [1.807, 2.05) is 35.2 Å². The minimum Gasteiger partial charge on any atom is -0.481 e. The van der Waals surface area contributed by atoms with Crippen LogP contribution >= 0.6 is 0 Å². The third-order valence-corrected chi connectivity index (χ3v) is 3.78. The van der Waals surface area contributed by atoms with Gasteiger partial charge in [-0.3, -0.25) is 0 Å². The van der Waals surface area contributed by atoms with E-state index in [-0.39, 0.29) is 12.1 Å². The van der Waals surface area contributed by atoms with Gasteiger partial charge in [0.2, 0.25) is 5.88 Å². The number of benzene rings is 1. The molecule has 0 aliphatic carbocycles. The van der Waals surface area contributed by atoms with E-state index in [0.717, 1.165) is 12.0 Å². The average molecular weight is 313 g/mol. The first kappa shape index (κ1) is 16.8. The van der Waals surface area contributed by atoms with E-state index in [9.17, 15) is 4.79 Å². The summed E-state index contributed by atoms with van der Waals surface area (Å²) in [6.45, 7) is 4.70. The summed E-state index contributed by atoms with van der Waals surface area (Å²) in [4.78, 5) is 18.6. The Labute approximate surface area is 137 Å². The van der Waals surface area contributed by atoms with Crippen molar-refractivity contribution in [3.63, 3.8) is 0 Å². The van der Waals surface area contributed by atoms with Crippen LogP contribution in [-0.4, -0.2) is 29.1 Å². The number of amides is 2. The van der Waals surface area contributed by atoms with Gasteiger partial charge in [0.25, 0.3) is 0 Å². The summed E-state index contributed by atoms with van der Waals surface area (Å²) in [5.74, 6) is 0.520. The van der Waals surface area contributed by atoms with Crippen LogP contribution in [0.3, 0.4) is 0 Å². The first-order valence-electron chi connectivity index (χ1n) is 7.75. The molecule has 0 aliphatic heterocycles. The predicted octanol–water partition coefficient (Wildman–Crippen LogP) is 3.92. The summed E-state index contributed by atoms with van der Waals surface area (Å²) < 4.78 is 5.02. The Balaban J connectivity index is 2.09. The molecular weight excluding hydrogens is 290 g/mol. The number of nitrogens with one attached hydrogen (secondary N) is 1. The average Bonchev–Trinajstić information content (AvgIpc) is 2.60. The lowest BCUT2D eigenvalue weighted by atomic mass is 10.1. The normalized spacial score (nSPS) is 11.6. The molecule has 122 valence electrons. The summed E-state index contributed by atoms with van der Waals surface area (Å²) >= 11 is 0. The number of nitrogens with zero attached hydrogens (tertiary/aromatic N) is 2. The molecule has 5 heteroatoms. The van der Waals surface area contributed by atoms with Crippen LogP contribution in [0.15, 0.2) is 48.7 Å². The van der Waals surface area contributed by atoms with Crippen molar-refractivity contribution in [2.24, 2.45) is 0 Å². The highest BCUT2D eigenvalue weighted by atomic mass is 16.5. The quantitative estimate of drug-likeness (QED) is 0.879. The third-order valence-electron chi connectivity index (χ3n) is 3.78. The SMILES string of the molecule is CCC(C)N(Cc1ccccc1)C(=O)Nc1ccc(OC)nc1. The van der Waals surface area contributed by atoms with Crippen molar-refractivity contribution in [1.29, 1.82) is 0 Å². The molecule has 0 fully saturated rings. The molecular formula is C18H23N3O2. The Kier molecular flexibility index (Phi) is 5.97. The number of ether oxygens (including phenoxy) is 1. The number of hydrogen-bond donors (Lipinski definition) is 1. The lowest BCUT2D eigenvalue weighted by Crippen LogP contribution is -2.40. The zero-order valence-corrected chi connectivity index (χ0v) is 13.8. The van der Waals surface area contributed by atoms with Crippen LogP contribution in [0.2, 0.25) is 0 Å². The molecule has 23 heavy (non-hydrogen) atoms.